The molecule has 1 fully saturated rings. The fourth-order valence-corrected chi connectivity index (χ4v) is 4.67. The molecule has 2 aliphatic heterocycles. The number of pyridine rings is 1. The zero-order valence-electron chi connectivity index (χ0n) is 16.3. The highest BCUT2D eigenvalue weighted by molar-refractivity contribution is 7.88. The number of hydrogen-bond acceptors (Lipinski definition) is 5. The Bertz CT molecular complexity index is 1130. The number of benzene rings is 1. The van der Waals surface area contributed by atoms with Gasteiger partial charge in [-0.3, -0.25) is 0 Å². The van der Waals surface area contributed by atoms with Gasteiger partial charge in [-0.05, 0) is 36.2 Å². The summed E-state index contributed by atoms with van der Waals surface area (Å²) in [5.41, 5.74) is 0.987. The van der Waals surface area contributed by atoms with Gasteiger partial charge >= 0.3 is 6.03 Å². The number of fused-ring (bicyclic) bond motifs is 5. The number of carbonyl (C=O) groups excluding carboxylic acids is 1. The van der Waals surface area contributed by atoms with E-state index < -0.39 is 40.6 Å². The van der Waals surface area contributed by atoms with E-state index in [9.17, 15) is 22.0 Å². The maximum absolute atomic E-state index is 14.8. The highest BCUT2D eigenvalue weighted by Gasteiger charge is 2.56. The van der Waals surface area contributed by atoms with Crippen LogP contribution in [0.4, 0.5) is 13.6 Å². The molecule has 0 spiro atoms. The highest BCUT2D eigenvalue weighted by Crippen LogP contribution is 2.36. The predicted molar refractivity (Wildman–Crippen MR) is 109 cm³/mol. The third kappa shape index (κ3) is 4.73. The quantitative estimate of drug-likeness (QED) is 0.699. The molecule has 3 heterocycles. The van der Waals surface area contributed by atoms with Crippen molar-refractivity contribution in [1.82, 2.24) is 19.9 Å². The molecule has 1 aromatic heterocycles. The Balaban J connectivity index is 1.77. The van der Waals surface area contributed by atoms with Crippen LogP contribution in [0.5, 0.6) is 11.6 Å². The van der Waals surface area contributed by atoms with Crippen LogP contribution in [0.3, 0.4) is 0 Å². The van der Waals surface area contributed by atoms with Crippen LogP contribution in [0.2, 0.25) is 5.02 Å². The monoisotopic (exact) mass is 472 g/mol. The molecular weight excluding hydrogens is 454 g/mol. The van der Waals surface area contributed by atoms with E-state index in [1.54, 1.807) is 36.4 Å². The summed E-state index contributed by atoms with van der Waals surface area (Å²) in [4.78, 5) is 18.0. The molecule has 0 radical (unpaired) electrons. The van der Waals surface area contributed by atoms with Crippen molar-refractivity contribution in [2.24, 2.45) is 0 Å². The lowest BCUT2D eigenvalue weighted by atomic mass is 9.99. The van der Waals surface area contributed by atoms with Crippen molar-refractivity contribution >= 4 is 27.7 Å². The summed E-state index contributed by atoms with van der Waals surface area (Å²) in [5.74, 6) is -2.93. The molecule has 2 N–H and O–H groups in total. The van der Waals surface area contributed by atoms with Gasteiger partial charge in [-0.2, -0.15) is 0 Å². The van der Waals surface area contributed by atoms with Crippen LogP contribution in [0.1, 0.15) is 11.3 Å². The van der Waals surface area contributed by atoms with Crippen molar-refractivity contribution in [3.05, 3.63) is 52.7 Å². The van der Waals surface area contributed by atoms with E-state index in [-0.39, 0.29) is 23.9 Å². The SMILES string of the molecule is CS(=O)(=O)N[C@@H]1[C@@H]2Cc3cccc(c3)Oc3nc(ccc3Cl)CNC(=O)N2CC1(F)F. The summed E-state index contributed by atoms with van der Waals surface area (Å²) >= 11 is 6.15. The van der Waals surface area contributed by atoms with E-state index in [1.807, 2.05) is 4.72 Å². The van der Waals surface area contributed by atoms with Crippen LogP contribution in [0.15, 0.2) is 36.4 Å². The van der Waals surface area contributed by atoms with Gasteiger partial charge in [-0.25, -0.2) is 31.7 Å². The molecule has 8 nitrogen and oxygen atoms in total. The van der Waals surface area contributed by atoms with E-state index in [1.165, 1.54) is 0 Å². The first-order chi connectivity index (χ1) is 14.5. The summed E-state index contributed by atoms with van der Waals surface area (Å²) in [7, 11) is -3.95. The van der Waals surface area contributed by atoms with Gasteiger partial charge in [0, 0.05) is 0 Å². The Kier molecular flexibility index (Phi) is 5.52. The number of amides is 2. The minimum Gasteiger partial charge on any atom is -0.438 e. The average Bonchev–Trinajstić information content (AvgIpc) is 2.91. The summed E-state index contributed by atoms with van der Waals surface area (Å²) in [6.07, 6.45) is 0.786. The van der Waals surface area contributed by atoms with Gasteiger partial charge in [-0.15, -0.1) is 0 Å². The molecule has 2 amide bonds. The molecule has 166 valence electrons. The number of nitrogens with zero attached hydrogens (tertiary/aromatic N) is 2. The number of ether oxygens (including phenoxy) is 1. The summed E-state index contributed by atoms with van der Waals surface area (Å²) in [6, 6.07) is 6.11. The van der Waals surface area contributed by atoms with E-state index in [4.69, 9.17) is 16.3 Å². The fourth-order valence-electron chi connectivity index (χ4n) is 3.74. The number of hydrogen-bond donors (Lipinski definition) is 2. The van der Waals surface area contributed by atoms with Crippen molar-refractivity contribution in [3.8, 4) is 11.6 Å². The smallest absolute Gasteiger partial charge is 0.318 e. The highest BCUT2D eigenvalue weighted by atomic mass is 35.5. The molecule has 0 aliphatic carbocycles. The van der Waals surface area contributed by atoms with Crippen molar-refractivity contribution < 1.29 is 26.7 Å². The number of sulfonamides is 1. The molecule has 1 aromatic carbocycles. The number of alkyl halides is 2. The number of nitrogens with one attached hydrogen (secondary N) is 2. The van der Waals surface area contributed by atoms with Crippen molar-refractivity contribution in [2.45, 2.75) is 31.0 Å². The van der Waals surface area contributed by atoms with Crippen LogP contribution in [-0.2, 0) is 23.0 Å². The fraction of sp³-hybridized carbons (Fsp3) is 0.368. The van der Waals surface area contributed by atoms with E-state index in [0.29, 0.717) is 17.0 Å². The lowest BCUT2D eigenvalue weighted by molar-refractivity contribution is -0.00451. The summed E-state index contributed by atoms with van der Waals surface area (Å²) in [5, 5.41) is 2.84. The predicted octanol–water partition coefficient (Wildman–Crippen LogP) is 2.53. The van der Waals surface area contributed by atoms with Crippen LogP contribution >= 0.6 is 11.6 Å². The summed E-state index contributed by atoms with van der Waals surface area (Å²) in [6.45, 7) is -0.977. The van der Waals surface area contributed by atoms with Crippen LogP contribution in [-0.4, -0.2) is 55.1 Å². The van der Waals surface area contributed by atoms with Crippen molar-refractivity contribution in [3.63, 3.8) is 0 Å². The Morgan fingerprint density at radius 1 is 1.32 bits per heavy atom. The van der Waals surface area contributed by atoms with Gasteiger partial charge in [-0.1, -0.05) is 23.7 Å². The minimum absolute atomic E-state index is 0.0217. The molecular formula is C19H19ClF2N4O4S. The standard InChI is InChI=1S/C19H19ClF2N4O4S/c1-31(28,29)25-16-15-8-11-3-2-4-13(7-11)30-17-14(20)6-5-12(24-17)9-23-18(27)26(15)10-19(16,21)22/h2-7,15-16,25H,8-10H2,1H3,(H,23,27)/t15-,16+/m0/s1. The maximum atomic E-state index is 14.8. The van der Waals surface area contributed by atoms with Gasteiger partial charge in [0.05, 0.1) is 31.1 Å². The molecule has 12 heteroatoms. The number of aromatic nitrogens is 1. The second-order valence-corrected chi connectivity index (χ2v) is 9.71. The number of rotatable bonds is 2. The molecule has 4 rings (SSSR count). The first-order valence-electron chi connectivity index (χ1n) is 9.34. The van der Waals surface area contributed by atoms with Gasteiger partial charge in [0.15, 0.2) is 0 Å². The van der Waals surface area contributed by atoms with Gasteiger partial charge < -0.3 is 15.0 Å². The molecule has 0 unspecified atom stereocenters. The third-order valence-corrected chi connectivity index (χ3v) is 6.04. The molecule has 2 atom stereocenters. The van der Waals surface area contributed by atoms with Crippen molar-refractivity contribution in [1.29, 1.82) is 0 Å². The molecule has 2 aromatic rings. The largest absolute Gasteiger partial charge is 0.438 e. The number of urea groups is 1. The average molecular weight is 473 g/mol. The second-order valence-electron chi connectivity index (χ2n) is 7.53. The lowest BCUT2D eigenvalue weighted by Gasteiger charge is -2.28. The van der Waals surface area contributed by atoms with Crippen LogP contribution in [0, 0.1) is 0 Å². The molecule has 4 bridgehead atoms. The second kappa shape index (κ2) is 7.88. The van der Waals surface area contributed by atoms with E-state index >= 15 is 0 Å². The first-order valence-corrected chi connectivity index (χ1v) is 11.6. The normalized spacial score (nSPS) is 23.0. The van der Waals surface area contributed by atoms with Gasteiger partial charge in [0.1, 0.15) is 16.8 Å². The minimum atomic E-state index is -3.95. The van der Waals surface area contributed by atoms with E-state index in [2.05, 4.69) is 10.3 Å². The first kappa shape index (κ1) is 21.7. The zero-order valence-corrected chi connectivity index (χ0v) is 17.9. The zero-order chi connectivity index (χ0) is 22.4. The van der Waals surface area contributed by atoms with E-state index in [0.717, 1.165) is 11.2 Å². The topological polar surface area (TPSA) is 101 Å². The number of carbonyl (C=O) groups is 1. The Hall–Kier alpha value is -2.50. The molecule has 2 aliphatic rings. The Labute approximate surface area is 182 Å². The Morgan fingerprint density at radius 2 is 2.10 bits per heavy atom. The lowest BCUT2D eigenvalue weighted by Crippen LogP contribution is -2.53. The third-order valence-electron chi connectivity index (χ3n) is 5.07. The maximum Gasteiger partial charge on any atom is 0.318 e. The summed E-state index contributed by atoms with van der Waals surface area (Å²) < 4.78 is 60.9. The van der Waals surface area contributed by atoms with Gasteiger partial charge in [0.2, 0.25) is 15.9 Å². The molecule has 0 saturated carbocycles. The van der Waals surface area contributed by atoms with Gasteiger partial charge in [0.25, 0.3) is 5.92 Å². The van der Waals surface area contributed by atoms with Crippen LogP contribution in [0.25, 0.3) is 0 Å². The molecule has 31 heavy (non-hydrogen) atoms. The van der Waals surface area contributed by atoms with Crippen LogP contribution < -0.4 is 14.8 Å². The molecule has 1 saturated heterocycles. The van der Waals surface area contributed by atoms with Crippen molar-refractivity contribution in [2.75, 3.05) is 12.8 Å². The Morgan fingerprint density at radius 3 is 2.84 bits per heavy atom. The number of halogens is 3.